The minimum atomic E-state index is -2.99. The molecule has 2 heterocycles. The van der Waals surface area contributed by atoms with Crippen molar-refractivity contribution in [2.75, 3.05) is 13.1 Å². The molecule has 4 aromatic rings. The van der Waals surface area contributed by atoms with E-state index in [9.17, 15) is 18.4 Å². The van der Waals surface area contributed by atoms with Crippen molar-refractivity contribution in [3.05, 3.63) is 102 Å². The smallest absolute Gasteiger partial charge is 0.265 e. The molecule has 5 nitrogen and oxygen atoms in total. The lowest BCUT2D eigenvalue weighted by atomic mass is 9.94. The number of piperidine rings is 1. The third-order valence-corrected chi connectivity index (χ3v) is 6.56. The quantitative estimate of drug-likeness (QED) is 0.402. The molecule has 0 aliphatic carbocycles. The standard InChI is InChI=1S/C29H25F2N3O2/c30-29(31)16-15-22(18-33-27(35)25-14-6-10-21-11-7-17-32-26(21)25)34(19-29)28(36)24-13-5-4-12-23(24)20-8-2-1-3-9-20/h1-14,17,22H,15-16,18-19H2,(H,33,35)/t22-/m0/s1. The maximum atomic E-state index is 14.5. The summed E-state index contributed by atoms with van der Waals surface area (Å²) >= 11 is 0. The highest BCUT2D eigenvalue weighted by molar-refractivity contribution is 6.05. The monoisotopic (exact) mass is 485 g/mol. The minimum Gasteiger partial charge on any atom is -0.350 e. The first-order valence-corrected chi connectivity index (χ1v) is 11.9. The van der Waals surface area contributed by atoms with Crippen LogP contribution in [-0.4, -0.2) is 46.8 Å². The number of amides is 2. The number of nitrogens with one attached hydrogen (secondary N) is 1. The number of carbonyl (C=O) groups is 2. The van der Waals surface area contributed by atoms with E-state index < -0.39 is 24.4 Å². The number of pyridine rings is 1. The zero-order chi connectivity index (χ0) is 25.1. The molecule has 1 fully saturated rings. The van der Waals surface area contributed by atoms with Crippen LogP contribution in [0.25, 0.3) is 22.0 Å². The molecule has 0 saturated carbocycles. The van der Waals surface area contributed by atoms with Crippen molar-refractivity contribution in [1.82, 2.24) is 15.2 Å². The van der Waals surface area contributed by atoms with Crippen LogP contribution in [0.4, 0.5) is 8.78 Å². The molecule has 0 spiro atoms. The number of rotatable bonds is 5. The molecule has 0 unspecified atom stereocenters. The predicted octanol–water partition coefficient (Wildman–Crippen LogP) is 5.57. The Bertz CT molecular complexity index is 1400. The fourth-order valence-electron chi connectivity index (χ4n) is 4.73. The third-order valence-electron chi connectivity index (χ3n) is 6.56. The van der Waals surface area contributed by atoms with Crippen LogP contribution in [0.15, 0.2) is 91.1 Å². The number of fused-ring (bicyclic) bond motifs is 1. The summed E-state index contributed by atoms with van der Waals surface area (Å²) in [7, 11) is 0. The van der Waals surface area contributed by atoms with Gasteiger partial charge in [-0.1, -0.05) is 66.7 Å². The molecular weight excluding hydrogens is 460 g/mol. The zero-order valence-electron chi connectivity index (χ0n) is 19.5. The van der Waals surface area contributed by atoms with Crippen molar-refractivity contribution >= 4 is 22.7 Å². The highest BCUT2D eigenvalue weighted by atomic mass is 19.3. The number of aromatic nitrogens is 1. The van der Waals surface area contributed by atoms with Crippen molar-refractivity contribution in [2.24, 2.45) is 0 Å². The first kappa shape index (κ1) is 23.6. The summed E-state index contributed by atoms with van der Waals surface area (Å²) in [5.41, 5.74) is 2.84. The third kappa shape index (κ3) is 4.82. The maximum Gasteiger partial charge on any atom is 0.265 e. The van der Waals surface area contributed by atoms with E-state index >= 15 is 0 Å². The number of likely N-dealkylation sites (tertiary alicyclic amines) is 1. The number of alkyl halides is 2. The van der Waals surface area contributed by atoms with Gasteiger partial charge in [0.05, 0.1) is 17.6 Å². The van der Waals surface area contributed by atoms with Gasteiger partial charge < -0.3 is 10.2 Å². The first-order valence-electron chi connectivity index (χ1n) is 11.9. The second kappa shape index (κ2) is 9.85. The van der Waals surface area contributed by atoms with Crippen molar-refractivity contribution in [2.45, 2.75) is 24.8 Å². The average Bonchev–Trinajstić information content (AvgIpc) is 2.91. The summed E-state index contributed by atoms with van der Waals surface area (Å²) in [5.74, 6) is -3.81. The Kier molecular flexibility index (Phi) is 6.46. The van der Waals surface area contributed by atoms with Gasteiger partial charge in [0.1, 0.15) is 0 Å². The number of carbonyl (C=O) groups excluding carboxylic acids is 2. The fourth-order valence-corrected chi connectivity index (χ4v) is 4.73. The topological polar surface area (TPSA) is 62.3 Å². The Morgan fingerprint density at radius 2 is 1.64 bits per heavy atom. The molecule has 0 bridgehead atoms. The van der Waals surface area contributed by atoms with Crippen LogP contribution in [0.5, 0.6) is 0 Å². The lowest BCUT2D eigenvalue weighted by Crippen LogP contribution is -2.55. The summed E-state index contributed by atoms with van der Waals surface area (Å²) in [6.07, 6.45) is 1.36. The molecular formula is C29H25F2N3O2. The van der Waals surface area contributed by atoms with Gasteiger partial charge in [-0.15, -0.1) is 0 Å². The molecule has 1 aromatic heterocycles. The Morgan fingerprint density at radius 1 is 0.917 bits per heavy atom. The average molecular weight is 486 g/mol. The van der Waals surface area contributed by atoms with E-state index in [4.69, 9.17) is 0 Å². The molecule has 36 heavy (non-hydrogen) atoms. The van der Waals surface area contributed by atoms with Crippen LogP contribution in [0.2, 0.25) is 0 Å². The molecule has 1 saturated heterocycles. The zero-order valence-corrected chi connectivity index (χ0v) is 19.5. The van der Waals surface area contributed by atoms with Crippen LogP contribution in [0.1, 0.15) is 33.6 Å². The van der Waals surface area contributed by atoms with Crippen LogP contribution >= 0.6 is 0 Å². The molecule has 5 rings (SSSR count). The van der Waals surface area contributed by atoms with E-state index in [1.165, 1.54) is 4.90 Å². The Labute approximate surface area is 207 Å². The van der Waals surface area contributed by atoms with Crippen molar-refractivity contribution in [1.29, 1.82) is 0 Å². The Morgan fingerprint density at radius 3 is 2.47 bits per heavy atom. The fraction of sp³-hybridized carbons (Fsp3) is 0.207. The molecule has 1 N–H and O–H groups in total. The second-order valence-electron chi connectivity index (χ2n) is 8.98. The van der Waals surface area contributed by atoms with Gasteiger partial charge in [-0.2, -0.15) is 0 Å². The Hall–Kier alpha value is -4.13. The molecule has 1 aliphatic rings. The number of hydrogen-bond acceptors (Lipinski definition) is 3. The highest BCUT2D eigenvalue weighted by Gasteiger charge is 2.42. The van der Waals surface area contributed by atoms with Crippen molar-refractivity contribution in [3.63, 3.8) is 0 Å². The van der Waals surface area contributed by atoms with Crippen LogP contribution in [0, 0.1) is 0 Å². The molecule has 0 radical (unpaired) electrons. The summed E-state index contributed by atoms with van der Waals surface area (Å²) in [6.45, 7) is -0.622. The van der Waals surface area contributed by atoms with E-state index in [0.717, 1.165) is 10.9 Å². The lowest BCUT2D eigenvalue weighted by molar-refractivity contribution is -0.0713. The van der Waals surface area contributed by atoms with Crippen molar-refractivity contribution < 1.29 is 18.4 Å². The van der Waals surface area contributed by atoms with E-state index in [-0.39, 0.29) is 25.3 Å². The minimum absolute atomic E-state index is 0.0668. The number of hydrogen-bond donors (Lipinski definition) is 1. The van der Waals surface area contributed by atoms with Gasteiger partial charge in [0.15, 0.2) is 0 Å². The molecule has 182 valence electrons. The lowest BCUT2D eigenvalue weighted by Gasteiger charge is -2.40. The van der Waals surface area contributed by atoms with Crippen molar-refractivity contribution in [3.8, 4) is 11.1 Å². The highest BCUT2D eigenvalue weighted by Crippen LogP contribution is 2.33. The number of halogens is 2. The number of para-hydroxylation sites is 1. The summed E-state index contributed by atoms with van der Waals surface area (Å²) in [5, 5.41) is 3.68. The van der Waals surface area contributed by atoms with Gasteiger partial charge >= 0.3 is 0 Å². The number of nitrogens with zero attached hydrogens (tertiary/aromatic N) is 2. The van der Waals surface area contributed by atoms with Gasteiger partial charge in [0.2, 0.25) is 0 Å². The summed E-state index contributed by atoms with van der Waals surface area (Å²) < 4.78 is 29.0. The van der Waals surface area contributed by atoms with Gasteiger partial charge in [-0.3, -0.25) is 14.6 Å². The molecule has 1 aliphatic heterocycles. The van der Waals surface area contributed by atoms with E-state index in [2.05, 4.69) is 10.3 Å². The summed E-state index contributed by atoms with van der Waals surface area (Å²) in [6, 6.07) is 24.8. The van der Waals surface area contributed by atoms with Gasteiger partial charge in [0.25, 0.3) is 17.7 Å². The van der Waals surface area contributed by atoms with E-state index in [1.807, 2.05) is 54.6 Å². The first-order chi connectivity index (χ1) is 17.4. The normalized spacial score (nSPS) is 17.1. The molecule has 7 heteroatoms. The Balaban J connectivity index is 1.40. The molecule has 3 aromatic carbocycles. The van der Waals surface area contributed by atoms with Gasteiger partial charge in [-0.05, 0) is 35.7 Å². The largest absolute Gasteiger partial charge is 0.350 e. The van der Waals surface area contributed by atoms with E-state index in [0.29, 0.717) is 22.2 Å². The van der Waals surface area contributed by atoms with E-state index in [1.54, 1.807) is 36.5 Å². The SMILES string of the molecule is O=C(NC[C@@H]1CCC(F)(F)CN1C(=O)c1ccccc1-c1ccccc1)c1cccc2cccnc12. The van der Waals surface area contributed by atoms with Crippen LogP contribution in [-0.2, 0) is 0 Å². The van der Waals surface area contributed by atoms with Gasteiger partial charge in [0, 0.05) is 36.2 Å². The van der Waals surface area contributed by atoms with Crippen LogP contribution < -0.4 is 5.32 Å². The van der Waals surface area contributed by atoms with Crippen LogP contribution in [0.3, 0.4) is 0 Å². The van der Waals surface area contributed by atoms with Gasteiger partial charge in [-0.25, -0.2) is 8.78 Å². The number of benzene rings is 3. The predicted molar refractivity (Wildman–Crippen MR) is 135 cm³/mol. The second-order valence-corrected chi connectivity index (χ2v) is 8.98. The molecule has 1 atom stereocenters. The maximum absolute atomic E-state index is 14.5. The summed E-state index contributed by atoms with van der Waals surface area (Å²) in [4.78, 5) is 32.2. The molecule has 2 amide bonds.